The fraction of sp³-hybridized carbons (Fsp3) is 0.522. The number of rotatable bonds is 4. The maximum atomic E-state index is 13.2. The number of likely N-dealkylation sites (tertiary alicyclic amines) is 1. The third-order valence-electron chi connectivity index (χ3n) is 6.65. The zero-order chi connectivity index (χ0) is 21.3. The Labute approximate surface area is 186 Å². The van der Waals surface area contributed by atoms with Crippen LogP contribution in [0.4, 0.5) is 5.13 Å². The molecule has 3 aliphatic heterocycles. The largest absolute Gasteiger partial charge is 0.465 e. The van der Waals surface area contributed by atoms with E-state index in [-0.39, 0.29) is 17.3 Å². The lowest BCUT2D eigenvalue weighted by Crippen LogP contribution is -2.45. The Morgan fingerprint density at radius 2 is 1.77 bits per heavy atom. The van der Waals surface area contributed by atoms with Gasteiger partial charge in [0.1, 0.15) is 0 Å². The van der Waals surface area contributed by atoms with E-state index in [1.54, 1.807) is 11.3 Å². The number of ether oxygens (including phenoxy) is 2. The van der Waals surface area contributed by atoms with Gasteiger partial charge < -0.3 is 19.3 Å². The van der Waals surface area contributed by atoms with Crippen LogP contribution in [-0.2, 0) is 25.5 Å². The van der Waals surface area contributed by atoms with E-state index in [1.807, 2.05) is 35.2 Å². The lowest BCUT2D eigenvalue weighted by Gasteiger charge is -2.36. The highest BCUT2D eigenvalue weighted by atomic mass is 32.1. The fourth-order valence-corrected chi connectivity index (χ4v) is 5.78. The van der Waals surface area contributed by atoms with E-state index in [1.165, 1.54) is 0 Å². The maximum Gasteiger partial charge on any atom is 0.312 e. The Hall–Kier alpha value is -2.45. The zero-order valence-corrected chi connectivity index (χ0v) is 18.4. The SMILES string of the molecule is O=C(Cc1sc(N2CCOCC2)nc1-c1ccccc1)N1CCC2(CCOC2=O)CC1. The summed E-state index contributed by atoms with van der Waals surface area (Å²) in [6, 6.07) is 10.1. The van der Waals surface area contributed by atoms with Gasteiger partial charge >= 0.3 is 5.97 Å². The van der Waals surface area contributed by atoms with Gasteiger partial charge in [-0.05, 0) is 19.3 Å². The molecule has 5 rings (SSSR count). The number of hydrogen-bond acceptors (Lipinski definition) is 7. The molecule has 4 heterocycles. The van der Waals surface area contributed by atoms with E-state index in [4.69, 9.17) is 14.5 Å². The summed E-state index contributed by atoms with van der Waals surface area (Å²) in [5, 5.41) is 0.955. The Bertz CT molecular complexity index is 947. The van der Waals surface area contributed by atoms with Crippen molar-refractivity contribution in [1.29, 1.82) is 0 Å². The Morgan fingerprint density at radius 1 is 1.03 bits per heavy atom. The van der Waals surface area contributed by atoms with Crippen molar-refractivity contribution in [2.75, 3.05) is 50.9 Å². The molecule has 1 aromatic carbocycles. The molecular formula is C23H27N3O4S. The van der Waals surface area contributed by atoms with Crippen LogP contribution >= 0.6 is 11.3 Å². The number of cyclic esters (lactones) is 1. The maximum absolute atomic E-state index is 13.2. The standard InChI is InChI=1S/C23H27N3O4S/c27-19(25-9-6-23(7-10-25)8-13-30-21(23)28)16-18-20(17-4-2-1-3-5-17)24-22(31-18)26-11-14-29-15-12-26/h1-5H,6-16H2. The van der Waals surface area contributed by atoms with Gasteiger partial charge in [-0.2, -0.15) is 0 Å². The lowest BCUT2D eigenvalue weighted by atomic mass is 9.77. The summed E-state index contributed by atoms with van der Waals surface area (Å²) in [7, 11) is 0. The monoisotopic (exact) mass is 441 g/mol. The van der Waals surface area contributed by atoms with Crippen LogP contribution in [0.25, 0.3) is 11.3 Å². The molecule has 0 bridgehead atoms. The first kappa shape index (κ1) is 20.5. The molecule has 2 aromatic rings. The molecule has 0 aliphatic carbocycles. The van der Waals surface area contributed by atoms with Gasteiger partial charge in [-0.3, -0.25) is 9.59 Å². The second-order valence-corrected chi connectivity index (χ2v) is 9.52. The second kappa shape index (κ2) is 8.59. The highest BCUT2D eigenvalue weighted by molar-refractivity contribution is 7.16. The Morgan fingerprint density at radius 3 is 2.45 bits per heavy atom. The number of carbonyl (C=O) groups excluding carboxylic acids is 2. The minimum atomic E-state index is -0.361. The van der Waals surface area contributed by atoms with Gasteiger partial charge in [0.05, 0.1) is 37.4 Å². The van der Waals surface area contributed by atoms with Crippen molar-refractivity contribution < 1.29 is 19.1 Å². The summed E-state index contributed by atoms with van der Waals surface area (Å²) in [4.78, 5) is 35.4. The number of piperidine rings is 1. The number of hydrogen-bond donors (Lipinski definition) is 0. The van der Waals surface area contributed by atoms with E-state index in [0.29, 0.717) is 52.2 Å². The molecule has 7 nitrogen and oxygen atoms in total. The molecule has 1 spiro atoms. The van der Waals surface area contributed by atoms with Gasteiger partial charge in [-0.1, -0.05) is 30.3 Å². The third-order valence-corrected chi connectivity index (χ3v) is 7.76. The van der Waals surface area contributed by atoms with Crippen molar-refractivity contribution in [2.45, 2.75) is 25.7 Å². The third kappa shape index (κ3) is 4.06. The van der Waals surface area contributed by atoms with Crippen LogP contribution in [0.3, 0.4) is 0 Å². The Balaban J connectivity index is 1.33. The molecule has 8 heteroatoms. The van der Waals surface area contributed by atoms with Crippen molar-refractivity contribution in [1.82, 2.24) is 9.88 Å². The van der Waals surface area contributed by atoms with Crippen LogP contribution in [0.15, 0.2) is 30.3 Å². The lowest BCUT2D eigenvalue weighted by molar-refractivity contribution is -0.150. The number of morpholine rings is 1. The molecule has 3 saturated heterocycles. The quantitative estimate of drug-likeness (QED) is 0.680. The normalized spacial score (nSPS) is 20.8. The number of benzene rings is 1. The topological polar surface area (TPSA) is 72.0 Å². The van der Waals surface area contributed by atoms with Gasteiger partial charge in [-0.15, -0.1) is 11.3 Å². The number of amides is 1. The summed E-state index contributed by atoms with van der Waals surface area (Å²) < 4.78 is 10.7. The smallest absolute Gasteiger partial charge is 0.312 e. The first-order chi connectivity index (χ1) is 15.1. The fourth-order valence-electron chi connectivity index (χ4n) is 4.65. The summed E-state index contributed by atoms with van der Waals surface area (Å²) in [5.41, 5.74) is 1.57. The van der Waals surface area contributed by atoms with Gasteiger partial charge in [0.2, 0.25) is 5.91 Å². The molecule has 0 unspecified atom stereocenters. The molecule has 164 valence electrons. The summed E-state index contributed by atoms with van der Waals surface area (Å²) in [6.45, 7) is 4.78. The van der Waals surface area contributed by atoms with Crippen molar-refractivity contribution in [3.63, 3.8) is 0 Å². The minimum Gasteiger partial charge on any atom is -0.465 e. The average Bonchev–Trinajstić information content (AvgIpc) is 3.39. The van der Waals surface area contributed by atoms with Crippen LogP contribution in [0.1, 0.15) is 24.1 Å². The molecule has 0 radical (unpaired) electrons. The van der Waals surface area contributed by atoms with E-state index < -0.39 is 0 Å². The highest BCUT2D eigenvalue weighted by Crippen LogP contribution is 2.41. The molecule has 1 aromatic heterocycles. The van der Waals surface area contributed by atoms with Crippen LogP contribution in [0, 0.1) is 5.41 Å². The van der Waals surface area contributed by atoms with Crippen molar-refractivity contribution in [3.05, 3.63) is 35.2 Å². The molecule has 0 saturated carbocycles. The summed E-state index contributed by atoms with van der Waals surface area (Å²) >= 11 is 1.61. The molecule has 3 fully saturated rings. The van der Waals surface area contributed by atoms with Crippen LogP contribution in [0.5, 0.6) is 0 Å². The van der Waals surface area contributed by atoms with E-state index in [0.717, 1.165) is 40.8 Å². The zero-order valence-electron chi connectivity index (χ0n) is 17.5. The first-order valence-corrected chi connectivity index (χ1v) is 11.8. The number of carbonyl (C=O) groups is 2. The number of esters is 1. The van der Waals surface area contributed by atoms with Gasteiger partial charge in [-0.25, -0.2) is 4.98 Å². The van der Waals surface area contributed by atoms with Crippen molar-refractivity contribution in [2.24, 2.45) is 5.41 Å². The van der Waals surface area contributed by atoms with E-state index >= 15 is 0 Å². The molecular weight excluding hydrogens is 414 g/mol. The van der Waals surface area contributed by atoms with Crippen molar-refractivity contribution >= 4 is 28.3 Å². The number of thiazole rings is 1. The van der Waals surface area contributed by atoms with Crippen molar-refractivity contribution in [3.8, 4) is 11.3 Å². The van der Waals surface area contributed by atoms with E-state index in [9.17, 15) is 9.59 Å². The molecule has 3 aliphatic rings. The first-order valence-electron chi connectivity index (χ1n) is 11.0. The van der Waals surface area contributed by atoms with Crippen LogP contribution in [0.2, 0.25) is 0 Å². The average molecular weight is 442 g/mol. The van der Waals surface area contributed by atoms with Gasteiger partial charge in [0, 0.05) is 36.6 Å². The Kier molecular flexibility index (Phi) is 5.67. The predicted octanol–water partition coefficient (Wildman–Crippen LogP) is 2.74. The predicted molar refractivity (Wildman–Crippen MR) is 118 cm³/mol. The number of nitrogens with zero attached hydrogens (tertiary/aromatic N) is 3. The molecule has 1 amide bonds. The molecule has 31 heavy (non-hydrogen) atoms. The van der Waals surface area contributed by atoms with Crippen LogP contribution in [-0.4, -0.2) is 67.8 Å². The summed E-state index contributed by atoms with van der Waals surface area (Å²) in [6.07, 6.45) is 2.52. The van der Waals surface area contributed by atoms with Crippen LogP contribution < -0.4 is 4.90 Å². The van der Waals surface area contributed by atoms with Gasteiger partial charge in [0.15, 0.2) is 5.13 Å². The number of anilines is 1. The second-order valence-electron chi connectivity index (χ2n) is 8.46. The summed E-state index contributed by atoms with van der Waals surface area (Å²) in [5.74, 6) is 0.0270. The highest BCUT2D eigenvalue weighted by Gasteiger charge is 2.46. The number of aromatic nitrogens is 1. The molecule has 0 atom stereocenters. The van der Waals surface area contributed by atoms with E-state index in [2.05, 4.69) is 4.90 Å². The molecule has 0 N–H and O–H groups in total. The van der Waals surface area contributed by atoms with Gasteiger partial charge in [0.25, 0.3) is 0 Å². The minimum absolute atomic E-state index is 0.0800.